The molecule has 0 bridgehead atoms. The lowest BCUT2D eigenvalue weighted by atomic mass is 9.74. The van der Waals surface area contributed by atoms with E-state index in [1.807, 2.05) is 0 Å². The Morgan fingerprint density at radius 3 is 2.48 bits per heavy atom. The molecule has 31 heavy (non-hydrogen) atoms. The van der Waals surface area contributed by atoms with E-state index in [9.17, 15) is 18.0 Å². The highest BCUT2D eigenvalue weighted by Gasteiger charge is 2.47. The van der Waals surface area contributed by atoms with Crippen LogP contribution in [0.5, 0.6) is 0 Å². The number of fused-ring (bicyclic) bond motifs is 1. The fourth-order valence-electron chi connectivity index (χ4n) is 4.40. The maximum Gasteiger partial charge on any atom is 0.490 e. The van der Waals surface area contributed by atoms with Crippen molar-refractivity contribution in [1.82, 2.24) is 10.2 Å². The van der Waals surface area contributed by atoms with Crippen molar-refractivity contribution in [2.75, 3.05) is 26.2 Å². The van der Waals surface area contributed by atoms with Crippen LogP contribution in [-0.4, -0.2) is 60.4 Å². The largest absolute Gasteiger partial charge is 0.490 e. The van der Waals surface area contributed by atoms with Gasteiger partial charge < -0.3 is 15.2 Å². The smallest absolute Gasteiger partial charge is 0.475 e. The van der Waals surface area contributed by atoms with Crippen molar-refractivity contribution in [1.29, 1.82) is 0 Å². The van der Waals surface area contributed by atoms with Crippen LogP contribution in [0.3, 0.4) is 0 Å². The number of hydrogen-bond donors (Lipinski definition) is 2. The van der Waals surface area contributed by atoms with E-state index in [1.165, 1.54) is 5.56 Å². The minimum absolute atomic E-state index is 0.226. The zero-order valence-corrected chi connectivity index (χ0v) is 17.4. The average molecular weight is 442 g/mol. The summed E-state index contributed by atoms with van der Waals surface area (Å²) in [6.45, 7) is 4.89. The molecule has 2 saturated heterocycles. The van der Waals surface area contributed by atoms with Gasteiger partial charge in [0, 0.05) is 44.1 Å². The topological polar surface area (TPSA) is 78.9 Å². The predicted molar refractivity (Wildman–Crippen MR) is 107 cm³/mol. The first-order valence-corrected chi connectivity index (χ1v) is 10.7. The standard InChI is InChI=1S/C20H28N2O2.C2HF3O2/c23-19(17-6-7-17)21-11-9-20-10-13-24-18(20)8-12-22(15-20)14-16-4-2-1-3-5-16;3-2(4,5)1(6)7/h1-5,17-18H,6-15H2,(H,21,23);(H,6,7)/t18-,20+;/m1./s1. The average Bonchev–Trinajstić information content (AvgIpc) is 3.49. The number of amides is 1. The molecule has 0 aromatic heterocycles. The molecule has 6 nitrogen and oxygen atoms in total. The first-order chi connectivity index (χ1) is 14.7. The maximum atomic E-state index is 11.9. The number of nitrogens with zero attached hydrogens (tertiary/aromatic N) is 1. The normalized spacial score (nSPS) is 25.8. The SMILES string of the molecule is O=C(NCC[C@@]12CCO[C@@H]1CCN(Cc1ccccc1)C2)C1CC1.O=C(O)C(F)(F)F. The van der Waals surface area contributed by atoms with Crippen LogP contribution < -0.4 is 5.32 Å². The van der Waals surface area contributed by atoms with Gasteiger partial charge in [-0.05, 0) is 37.7 Å². The lowest BCUT2D eigenvalue weighted by Crippen LogP contribution is -2.50. The van der Waals surface area contributed by atoms with Crippen LogP contribution in [0.1, 0.15) is 37.7 Å². The molecule has 2 atom stereocenters. The monoisotopic (exact) mass is 442 g/mol. The van der Waals surface area contributed by atoms with E-state index >= 15 is 0 Å². The van der Waals surface area contributed by atoms with Crippen LogP contribution >= 0.6 is 0 Å². The number of likely N-dealkylation sites (tertiary alicyclic amines) is 1. The number of hydrogen-bond acceptors (Lipinski definition) is 4. The molecule has 0 unspecified atom stereocenters. The van der Waals surface area contributed by atoms with Crippen molar-refractivity contribution in [3.8, 4) is 0 Å². The summed E-state index contributed by atoms with van der Waals surface area (Å²) in [6, 6.07) is 10.7. The second kappa shape index (κ2) is 9.99. The summed E-state index contributed by atoms with van der Waals surface area (Å²) in [7, 11) is 0. The van der Waals surface area contributed by atoms with Crippen LogP contribution in [0.2, 0.25) is 0 Å². The van der Waals surface area contributed by atoms with Crippen LogP contribution in [0.4, 0.5) is 13.2 Å². The van der Waals surface area contributed by atoms with E-state index < -0.39 is 12.1 Å². The molecule has 3 aliphatic rings. The summed E-state index contributed by atoms with van der Waals surface area (Å²) in [5.74, 6) is -2.19. The number of benzene rings is 1. The van der Waals surface area contributed by atoms with Crippen LogP contribution in [-0.2, 0) is 20.9 Å². The fraction of sp³-hybridized carbons (Fsp3) is 0.636. The van der Waals surface area contributed by atoms with Gasteiger partial charge >= 0.3 is 12.1 Å². The highest BCUT2D eigenvalue weighted by molar-refractivity contribution is 5.80. The molecule has 4 rings (SSSR count). The Bertz CT molecular complexity index is 755. The molecule has 1 aromatic rings. The third-order valence-electron chi connectivity index (χ3n) is 6.21. The third kappa shape index (κ3) is 6.67. The third-order valence-corrected chi connectivity index (χ3v) is 6.21. The number of carbonyl (C=O) groups excluding carboxylic acids is 1. The number of halogens is 3. The summed E-state index contributed by atoms with van der Waals surface area (Å²) in [4.78, 5) is 23.4. The number of carboxylic acid groups (broad SMARTS) is 1. The Labute approximate surface area is 179 Å². The Balaban J connectivity index is 0.000000339. The highest BCUT2D eigenvalue weighted by atomic mass is 19.4. The summed E-state index contributed by atoms with van der Waals surface area (Å²) in [5, 5.41) is 10.3. The molecule has 2 aliphatic heterocycles. The second-order valence-corrected chi connectivity index (χ2v) is 8.57. The van der Waals surface area contributed by atoms with Crippen molar-refractivity contribution in [2.45, 2.75) is 50.9 Å². The summed E-state index contributed by atoms with van der Waals surface area (Å²) < 4.78 is 37.8. The number of piperidine rings is 1. The van der Waals surface area contributed by atoms with E-state index in [2.05, 4.69) is 40.5 Å². The number of ether oxygens (including phenoxy) is 1. The molecule has 2 N–H and O–H groups in total. The van der Waals surface area contributed by atoms with Crippen LogP contribution in [0.25, 0.3) is 0 Å². The molecule has 172 valence electrons. The van der Waals surface area contributed by atoms with Crippen LogP contribution in [0.15, 0.2) is 30.3 Å². The Morgan fingerprint density at radius 2 is 1.87 bits per heavy atom. The number of carbonyl (C=O) groups is 2. The van der Waals surface area contributed by atoms with Gasteiger partial charge in [-0.1, -0.05) is 30.3 Å². The van der Waals surface area contributed by atoms with Gasteiger partial charge in [0.1, 0.15) is 0 Å². The molecule has 3 fully saturated rings. The number of aliphatic carboxylic acids is 1. The maximum absolute atomic E-state index is 11.9. The molecule has 1 aliphatic carbocycles. The molecule has 0 radical (unpaired) electrons. The van der Waals surface area contributed by atoms with E-state index in [-0.39, 0.29) is 11.3 Å². The van der Waals surface area contributed by atoms with Crippen molar-refractivity contribution < 1.29 is 32.6 Å². The van der Waals surface area contributed by atoms with Gasteiger partial charge in [-0.25, -0.2) is 4.79 Å². The number of carboxylic acids is 1. The molecular weight excluding hydrogens is 413 g/mol. The van der Waals surface area contributed by atoms with Crippen LogP contribution in [0, 0.1) is 11.3 Å². The van der Waals surface area contributed by atoms with Crippen molar-refractivity contribution in [3.05, 3.63) is 35.9 Å². The quantitative estimate of drug-likeness (QED) is 0.707. The van der Waals surface area contributed by atoms with Gasteiger partial charge in [0.2, 0.25) is 5.91 Å². The van der Waals surface area contributed by atoms with E-state index in [0.29, 0.717) is 12.0 Å². The first kappa shape index (κ1) is 23.5. The van der Waals surface area contributed by atoms with E-state index in [0.717, 1.165) is 64.9 Å². The van der Waals surface area contributed by atoms with Gasteiger partial charge in [-0.2, -0.15) is 13.2 Å². The fourth-order valence-corrected chi connectivity index (χ4v) is 4.40. The Morgan fingerprint density at radius 1 is 1.19 bits per heavy atom. The zero-order valence-electron chi connectivity index (χ0n) is 17.4. The minimum Gasteiger partial charge on any atom is -0.475 e. The molecule has 2 heterocycles. The second-order valence-electron chi connectivity index (χ2n) is 8.57. The van der Waals surface area contributed by atoms with Gasteiger partial charge in [-0.3, -0.25) is 9.69 Å². The molecule has 9 heteroatoms. The number of alkyl halides is 3. The lowest BCUT2D eigenvalue weighted by Gasteiger charge is -2.44. The van der Waals surface area contributed by atoms with Gasteiger partial charge in [0.15, 0.2) is 0 Å². The van der Waals surface area contributed by atoms with Gasteiger partial charge in [0.25, 0.3) is 0 Å². The summed E-state index contributed by atoms with van der Waals surface area (Å²) >= 11 is 0. The van der Waals surface area contributed by atoms with Gasteiger partial charge in [0.05, 0.1) is 6.10 Å². The summed E-state index contributed by atoms with van der Waals surface area (Å²) in [5.41, 5.74) is 1.61. The van der Waals surface area contributed by atoms with Crippen molar-refractivity contribution in [2.24, 2.45) is 11.3 Å². The minimum atomic E-state index is -5.08. The molecule has 1 aromatic carbocycles. The summed E-state index contributed by atoms with van der Waals surface area (Å²) in [6.07, 6.45) is 0.733. The van der Waals surface area contributed by atoms with E-state index in [1.54, 1.807) is 0 Å². The Hall–Kier alpha value is -2.13. The first-order valence-electron chi connectivity index (χ1n) is 10.7. The van der Waals surface area contributed by atoms with E-state index in [4.69, 9.17) is 14.6 Å². The molecule has 1 saturated carbocycles. The Kier molecular flexibility index (Phi) is 7.59. The predicted octanol–water partition coefficient (Wildman–Crippen LogP) is 3.22. The number of rotatable bonds is 6. The molecular formula is C22H29F3N2O4. The molecule has 1 amide bonds. The zero-order chi connectivity index (χ0) is 22.5. The van der Waals surface area contributed by atoms with Gasteiger partial charge in [-0.15, -0.1) is 0 Å². The van der Waals surface area contributed by atoms with Crippen molar-refractivity contribution in [3.63, 3.8) is 0 Å². The van der Waals surface area contributed by atoms with Crippen molar-refractivity contribution >= 4 is 11.9 Å². The number of nitrogens with one attached hydrogen (secondary N) is 1. The molecule has 0 spiro atoms. The lowest BCUT2D eigenvalue weighted by molar-refractivity contribution is -0.192. The highest BCUT2D eigenvalue weighted by Crippen LogP contribution is 2.43.